The highest BCUT2D eigenvalue weighted by Gasteiger charge is 2.36. The van der Waals surface area contributed by atoms with Crippen LogP contribution in [0.1, 0.15) is 37.8 Å². The predicted octanol–water partition coefficient (Wildman–Crippen LogP) is 2.07. The number of hydrogen-bond donors (Lipinski definition) is 2. The summed E-state index contributed by atoms with van der Waals surface area (Å²) in [4.78, 5) is 19.7. The van der Waals surface area contributed by atoms with Crippen LogP contribution in [0.25, 0.3) is 0 Å². The number of carbonyl (C=O) groups is 1. The lowest BCUT2D eigenvalue weighted by atomic mass is 9.79. The number of nitrogens with two attached hydrogens (primary N) is 1. The highest BCUT2D eigenvalue weighted by atomic mass is 79.9. The van der Waals surface area contributed by atoms with Crippen LogP contribution in [0.2, 0.25) is 0 Å². The Balaban J connectivity index is 2.31. The van der Waals surface area contributed by atoms with Gasteiger partial charge in [0.2, 0.25) is 0 Å². The van der Waals surface area contributed by atoms with E-state index in [9.17, 15) is 4.79 Å². The largest absolute Gasteiger partial charge is 0.352 e. The number of halogens is 1. The second-order valence-electron chi connectivity index (χ2n) is 4.36. The lowest BCUT2D eigenvalue weighted by molar-refractivity contribution is 0.206. The highest BCUT2D eigenvalue weighted by molar-refractivity contribution is 9.10. The summed E-state index contributed by atoms with van der Waals surface area (Å²) >= 11 is 3.25. The zero-order valence-electron chi connectivity index (χ0n) is 9.45. The van der Waals surface area contributed by atoms with Crippen molar-refractivity contribution in [3.8, 4) is 0 Å². The molecule has 5 nitrogen and oxygen atoms in total. The summed E-state index contributed by atoms with van der Waals surface area (Å²) in [5.74, 6) is 0. The maximum absolute atomic E-state index is 11.2. The molecule has 1 aromatic rings. The summed E-state index contributed by atoms with van der Waals surface area (Å²) in [5.41, 5.74) is 5.63. The Labute approximate surface area is 108 Å². The van der Waals surface area contributed by atoms with Gasteiger partial charge in [0.05, 0.1) is 23.6 Å². The fraction of sp³-hybridized carbons (Fsp3) is 0.545. The van der Waals surface area contributed by atoms with E-state index in [0.29, 0.717) is 4.60 Å². The van der Waals surface area contributed by atoms with Crippen molar-refractivity contribution in [3.05, 3.63) is 22.7 Å². The van der Waals surface area contributed by atoms with Gasteiger partial charge in [0, 0.05) is 0 Å². The summed E-state index contributed by atoms with van der Waals surface area (Å²) in [6.45, 7) is 0. The quantitative estimate of drug-likeness (QED) is 0.877. The molecule has 0 bridgehead atoms. The molecule has 6 heteroatoms. The Morgan fingerprint density at radius 2 is 2.00 bits per heavy atom. The van der Waals surface area contributed by atoms with Gasteiger partial charge in [-0.3, -0.25) is 4.98 Å². The van der Waals surface area contributed by atoms with Gasteiger partial charge in [-0.2, -0.15) is 0 Å². The van der Waals surface area contributed by atoms with Crippen molar-refractivity contribution in [3.63, 3.8) is 0 Å². The number of amides is 2. The molecule has 1 aliphatic rings. The molecule has 1 aromatic heterocycles. The normalized spacial score (nSPS) is 18.6. The molecule has 0 saturated heterocycles. The molecule has 1 aliphatic carbocycles. The van der Waals surface area contributed by atoms with Gasteiger partial charge in [-0.05, 0) is 28.8 Å². The molecule has 92 valence electrons. The standard InChI is InChI=1S/C11H15BrN4O/c12-9-7-14-8(6-15-9)11(16-10(13)17)4-2-1-3-5-11/h6-7H,1-5H2,(H3,13,16,17). The van der Waals surface area contributed by atoms with Gasteiger partial charge in [-0.15, -0.1) is 0 Å². The smallest absolute Gasteiger partial charge is 0.312 e. The summed E-state index contributed by atoms with van der Waals surface area (Å²) < 4.78 is 0.686. The Bertz CT molecular complexity index is 400. The van der Waals surface area contributed by atoms with Crippen LogP contribution in [0, 0.1) is 0 Å². The fourth-order valence-electron chi connectivity index (χ4n) is 2.40. The molecule has 0 aliphatic heterocycles. The predicted molar refractivity (Wildman–Crippen MR) is 67.2 cm³/mol. The number of aromatic nitrogens is 2. The second kappa shape index (κ2) is 5.00. The number of nitrogens with zero attached hydrogens (tertiary/aromatic N) is 2. The van der Waals surface area contributed by atoms with Crippen LogP contribution in [0.4, 0.5) is 4.79 Å². The second-order valence-corrected chi connectivity index (χ2v) is 5.17. The van der Waals surface area contributed by atoms with E-state index in [1.165, 1.54) is 6.42 Å². The molecular weight excluding hydrogens is 284 g/mol. The molecule has 0 unspecified atom stereocenters. The molecule has 2 rings (SSSR count). The van der Waals surface area contributed by atoms with Crippen molar-refractivity contribution in [1.82, 2.24) is 15.3 Å². The molecule has 1 saturated carbocycles. The van der Waals surface area contributed by atoms with Gasteiger partial charge in [0.1, 0.15) is 4.60 Å². The van der Waals surface area contributed by atoms with E-state index < -0.39 is 11.6 Å². The molecule has 0 radical (unpaired) electrons. The van der Waals surface area contributed by atoms with Gasteiger partial charge in [-0.25, -0.2) is 9.78 Å². The molecular formula is C11H15BrN4O. The van der Waals surface area contributed by atoms with Crippen molar-refractivity contribution in [1.29, 1.82) is 0 Å². The Morgan fingerprint density at radius 1 is 1.29 bits per heavy atom. The Morgan fingerprint density at radius 3 is 2.53 bits per heavy atom. The SMILES string of the molecule is NC(=O)NC1(c2cnc(Br)cn2)CCCCC1. The molecule has 17 heavy (non-hydrogen) atoms. The van der Waals surface area contributed by atoms with Gasteiger partial charge in [0.15, 0.2) is 0 Å². The number of carbonyl (C=O) groups excluding carboxylic acids is 1. The monoisotopic (exact) mass is 298 g/mol. The summed E-state index contributed by atoms with van der Waals surface area (Å²) in [5, 5.41) is 2.85. The zero-order chi connectivity index (χ0) is 12.3. The average molecular weight is 299 g/mol. The maximum atomic E-state index is 11.2. The van der Waals surface area contributed by atoms with E-state index in [1.807, 2.05) is 0 Å². The summed E-state index contributed by atoms with van der Waals surface area (Å²) in [6.07, 6.45) is 8.40. The van der Waals surface area contributed by atoms with Crippen LogP contribution in [-0.2, 0) is 5.54 Å². The van der Waals surface area contributed by atoms with Crippen LogP contribution in [-0.4, -0.2) is 16.0 Å². The van der Waals surface area contributed by atoms with Crippen molar-refractivity contribution >= 4 is 22.0 Å². The van der Waals surface area contributed by atoms with Gasteiger partial charge < -0.3 is 11.1 Å². The Hall–Kier alpha value is -1.17. The minimum atomic E-state index is -0.503. The Kier molecular flexibility index (Phi) is 3.61. The topological polar surface area (TPSA) is 80.9 Å². The number of urea groups is 1. The van der Waals surface area contributed by atoms with E-state index in [4.69, 9.17) is 5.73 Å². The minimum absolute atomic E-state index is 0.433. The lowest BCUT2D eigenvalue weighted by Gasteiger charge is -2.36. The number of hydrogen-bond acceptors (Lipinski definition) is 3. The first-order valence-corrected chi connectivity index (χ1v) is 6.47. The summed E-state index contributed by atoms with van der Waals surface area (Å²) in [6, 6.07) is -0.503. The van der Waals surface area contributed by atoms with E-state index in [0.717, 1.165) is 31.4 Å². The minimum Gasteiger partial charge on any atom is -0.352 e. The molecule has 0 atom stereocenters. The first-order chi connectivity index (χ1) is 8.12. The van der Waals surface area contributed by atoms with Crippen molar-refractivity contribution < 1.29 is 4.79 Å². The van der Waals surface area contributed by atoms with E-state index >= 15 is 0 Å². The highest BCUT2D eigenvalue weighted by Crippen LogP contribution is 2.35. The summed E-state index contributed by atoms with van der Waals surface area (Å²) in [7, 11) is 0. The van der Waals surface area contributed by atoms with Crippen LogP contribution in [0.3, 0.4) is 0 Å². The zero-order valence-corrected chi connectivity index (χ0v) is 11.0. The first kappa shape index (κ1) is 12.3. The number of primary amides is 1. The van der Waals surface area contributed by atoms with Gasteiger partial charge in [0.25, 0.3) is 0 Å². The number of rotatable bonds is 2. The van der Waals surface area contributed by atoms with E-state index in [2.05, 4.69) is 31.2 Å². The molecule has 1 fully saturated rings. The maximum Gasteiger partial charge on any atom is 0.312 e. The molecule has 0 aromatic carbocycles. The van der Waals surface area contributed by atoms with Crippen molar-refractivity contribution in [2.75, 3.05) is 0 Å². The van der Waals surface area contributed by atoms with Crippen molar-refractivity contribution in [2.24, 2.45) is 5.73 Å². The molecule has 2 amide bonds. The van der Waals surface area contributed by atoms with E-state index in [-0.39, 0.29) is 0 Å². The first-order valence-electron chi connectivity index (χ1n) is 5.68. The van der Waals surface area contributed by atoms with Crippen LogP contribution in [0.15, 0.2) is 17.0 Å². The number of nitrogens with one attached hydrogen (secondary N) is 1. The third-order valence-corrected chi connectivity index (χ3v) is 3.59. The van der Waals surface area contributed by atoms with Crippen LogP contribution < -0.4 is 11.1 Å². The third kappa shape index (κ3) is 2.74. The van der Waals surface area contributed by atoms with Crippen LogP contribution >= 0.6 is 15.9 Å². The van der Waals surface area contributed by atoms with Crippen molar-refractivity contribution in [2.45, 2.75) is 37.6 Å². The molecule has 3 N–H and O–H groups in total. The lowest BCUT2D eigenvalue weighted by Crippen LogP contribution is -2.49. The van der Waals surface area contributed by atoms with Gasteiger partial charge in [-0.1, -0.05) is 19.3 Å². The van der Waals surface area contributed by atoms with Gasteiger partial charge >= 0.3 is 6.03 Å². The van der Waals surface area contributed by atoms with Crippen LogP contribution in [0.5, 0.6) is 0 Å². The molecule has 0 spiro atoms. The van der Waals surface area contributed by atoms with E-state index in [1.54, 1.807) is 12.4 Å². The fourth-order valence-corrected chi connectivity index (χ4v) is 2.60. The molecule has 1 heterocycles. The third-order valence-electron chi connectivity index (χ3n) is 3.18. The average Bonchev–Trinajstić information content (AvgIpc) is 2.30.